The van der Waals surface area contributed by atoms with Crippen molar-refractivity contribution in [3.05, 3.63) is 0 Å². The number of nitrogens with two attached hydrogens (primary N) is 1. The first-order valence-electron chi connectivity index (χ1n) is 6.94. The van der Waals surface area contributed by atoms with Gasteiger partial charge in [-0.25, -0.2) is 0 Å². The number of nitrogens with zero attached hydrogens (tertiary/aromatic N) is 1. The molecule has 0 saturated carbocycles. The van der Waals surface area contributed by atoms with E-state index in [1.807, 2.05) is 11.8 Å². The topological polar surface area (TPSA) is 85.0 Å². The highest BCUT2D eigenvalue weighted by Gasteiger charge is 2.44. The summed E-state index contributed by atoms with van der Waals surface area (Å²) in [5.74, 6) is 0.0903. The maximum absolute atomic E-state index is 12.8. The Morgan fingerprint density at radius 1 is 1.47 bits per heavy atom. The van der Waals surface area contributed by atoms with Crippen molar-refractivity contribution in [1.82, 2.24) is 4.90 Å². The molecule has 2 unspecified atom stereocenters. The van der Waals surface area contributed by atoms with Crippen LogP contribution in [0.5, 0.6) is 0 Å². The quantitative estimate of drug-likeness (QED) is 0.713. The minimum Gasteiger partial charge on any atom is -0.394 e. The van der Waals surface area contributed by atoms with E-state index in [2.05, 4.69) is 0 Å². The Morgan fingerprint density at radius 3 is 2.74 bits per heavy atom. The van der Waals surface area contributed by atoms with E-state index in [1.165, 1.54) is 0 Å². The van der Waals surface area contributed by atoms with Crippen LogP contribution in [0.25, 0.3) is 0 Å². The number of aliphatic hydroxyl groups is 1. The molecule has 2 heterocycles. The van der Waals surface area contributed by atoms with Gasteiger partial charge in [0.15, 0.2) is 0 Å². The number of ether oxygens (including phenoxy) is 2. The van der Waals surface area contributed by atoms with E-state index in [0.29, 0.717) is 45.8 Å². The molecule has 0 radical (unpaired) electrons. The van der Waals surface area contributed by atoms with Crippen LogP contribution in [0, 0.1) is 5.41 Å². The van der Waals surface area contributed by atoms with Gasteiger partial charge in [0.2, 0.25) is 5.91 Å². The normalized spacial score (nSPS) is 31.2. The van der Waals surface area contributed by atoms with Crippen LogP contribution >= 0.6 is 0 Å². The van der Waals surface area contributed by atoms with Gasteiger partial charge >= 0.3 is 0 Å². The fourth-order valence-corrected chi connectivity index (χ4v) is 2.78. The summed E-state index contributed by atoms with van der Waals surface area (Å²) >= 11 is 0. The molecule has 19 heavy (non-hydrogen) atoms. The van der Waals surface area contributed by atoms with Crippen molar-refractivity contribution < 1.29 is 19.4 Å². The Kier molecular flexibility index (Phi) is 4.78. The van der Waals surface area contributed by atoms with Crippen molar-refractivity contribution in [2.45, 2.75) is 31.9 Å². The lowest BCUT2D eigenvalue weighted by Gasteiger charge is -2.44. The highest BCUT2D eigenvalue weighted by atomic mass is 16.5. The van der Waals surface area contributed by atoms with Crippen LogP contribution in [0.3, 0.4) is 0 Å². The molecule has 6 nitrogen and oxygen atoms in total. The fourth-order valence-electron chi connectivity index (χ4n) is 2.78. The first-order chi connectivity index (χ1) is 9.13. The second kappa shape index (κ2) is 6.17. The zero-order valence-corrected chi connectivity index (χ0v) is 11.5. The Labute approximate surface area is 113 Å². The zero-order valence-electron chi connectivity index (χ0n) is 11.5. The molecule has 0 aromatic rings. The predicted molar refractivity (Wildman–Crippen MR) is 69.5 cm³/mol. The molecular weight excluding hydrogens is 248 g/mol. The minimum absolute atomic E-state index is 0.0292. The minimum atomic E-state index is -0.496. The van der Waals surface area contributed by atoms with Gasteiger partial charge in [0.05, 0.1) is 30.8 Å². The number of hydrogen-bond acceptors (Lipinski definition) is 5. The maximum atomic E-state index is 12.8. The van der Waals surface area contributed by atoms with E-state index < -0.39 is 5.41 Å². The van der Waals surface area contributed by atoms with Gasteiger partial charge in [0.1, 0.15) is 0 Å². The molecule has 110 valence electrons. The molecule has 0 aromatic carbocycles. The summed E-state index contributed by atoms with van der Waals surface area (Å²) in [6, 6.07) is 0.0292. The molecule has 2 rings (SSSR count). The molecule has 0 aromatic heterocycles. The van der Waals surface area contributed by atoms with Crippen molar-refractivity contribution >= 4 is 5.91 Å². The molecule has 6 heteroatoms. The number of rotatable bonds is 3. The SMILES string of the molecule is CC1COC(CO)CN1C(=O)C1(CN)CCOCC1. The molecule has 3 N–H and O–H groups in total. The Bertz CT molecular complexity index is 318. The van der Waals surface area contributed by atoms with Crippen molar-refractivity contribution in [1.29, 1.82) is 0 Å². The van der Waals surface area contributed by atoms with Crippen LogP contribution in [-0.4, -0.2) is 67.6 Å². The van der Waals surface area contributed by atoms with Crippen LogP contribution in [0.4, 0.5) is 0 Å². The average Bonchev–Trinajstić information content (AvgIpc) is 2.47. The summed E-state index contributed by atoms with van der Waals surface area (Å²) in [6.07, 6.45) is 1.07. The molecule has 1 amide bonds. The van der Waals surface area contributed by atoms with Crippen LogP contribution in [-0.2, 0) is 14.3 Å². The number of carbonyl (C=O) groups excluding carboxylic acids is 1. The molecule has 2 atom stereocenters. The third-order valence-electron chi connectivity index (χ3n) is 4.26. The number of morpholine rings is 1. The Hall–Kier alpha value is -0.690. The second-order valence-electron chi connectivity index (χ2n) is 5.54. The molecule has 2 saturated heterocycles. The third-order valence-corrected chi connectivity index (χ3v) is 4.26. The van der Waals surface area contributed by atoms with Gasteiger partial charge in [0.25, 0.3) is 0 Å². The van der Waals surface area contributed by atoms with Crippen molar-refractivity contribution in [3.8, 4) is 0 Å². The average molecular weight is 272 g/mol. The van der Waals surface area contributed by atoms with E-state index in [-0.39, 0.29) is 24.7 Å². The molecule has 2 fully saturated rings. The summed E-state index contributed by atoms with van der Waals surface area (Å²) < 4.78 is 10.8. The van der Waals surface area contributed by atoms with Gasteiger partial charge < -0.3 is 25.2 Å². The first kappa shape index (κ1) is 14.7. The fraction of sp³-hybridized carbons (Fsp3) is 0.923. The van der Waals surface area contributed by atoms with E-state index in [9.17, 15) is 9.90 Å². The van der Waals surface area contributed by atoms with Gasteiger partial charge in [-0.3, -0.25) is 4.79 Å². The molecule has 0 aliphatic carbocycles. The van der Waals surface area contributed by atoms with E-state index in [0.717, 1.165) is 0 Å². The summed E-state index contributed by atoms with van der Waals surface area (Å²) in [5.41, 5.74) is 5.38. The van der Waals surface area contributed by atoms with Gasteiger partial charge in [0, 0.05) is 26.3 Å². The molecule has 0 spiro atoms. The highest BCUT2D eigenvalue weighted by molar-refractivity contribution is 5.83. The summed E-state index contributed by atoms with van der Waals surface area (Å²) in [4.78, 5) is 14.7. The van der Waals surface area contributed by atoms with Crippen LogP contribution in [0.15, 0.2) is 0 Å². The predicted octanol–water partition coefficient (Wildman–Crippen LogP) is -0.650. The van der Waals surface area contributed by atoms with E-state index in [4.69, 9.17) is 15.2 Å². The molecule has 2 aliphatic heterocycles. The van der Waals surface area contributed by atoms with Gasteiger partial charge in [-0.15, -0.1) is 0 Å². The number of aliphatic hydroxyl groups excluding tert-OH is 1. The van der Waals surface area contributed by atoms with E-state index >= 15 is 0 Å². The Morgan fingerprint density at radius 2 is 2.16 bits per heavy atom. The summed E-state index contributed by atoms with van der Waals surface area (Å²) in [6.45, 7) is 4.34. The molecular formula is C13H24N2O4. The lowest BCUT2D eigenvalue weighted by Crippen LogP contribution is -2.58. The number of carbonyl (C=O) groups is 1. The van der Waals surface area contributed by atoms with Gasteiger partial charge in [-0.1, -0.05) is 0 Å². The lowest BCUT2D eigenvalue weighted by atomic mass is 9.78. The largest absolute Gasteiger partial charge is 0.394 e. The molecule has 2 aliphatic rings. The first-order valence-corrected chi connectivity index (χ1v) is 6.94. The zero-order chi connectivity index (χ0) is 13.9. The summed E-state index contributed by atoms with van der Waals surface area (Å²) in [5, 5.41) is 9.20. The van der Waals surface area contributed by atoms with Gasteiger partial charge in [-0.05, 0) is 19.8 Å². The van der Waals surface area contributed by atoms with E-state index in [1.54, 1.807) is 0 Å². The molecule has 0 bridgehead atoms. The number of hydrogen-bond donors (Lipinski definition) is 2. The number of amides is 1. The van der Waals surface area contributed by atoms with Crippen LogP contribution < -0.4 is 5.73 Å². The smallest absolute Gasteiger partial charge is 0.230 e. The standard InChI is InChI=1S/C13H24N2O4/c1-10-8-19-11(7-16)6-15(10)12(17)13(9-14)2-4-18-5-3-13/h10-11,16H,2-9,14H2,1H3. The summed E-state index contributed by atoms with van der Waals surface area (Å²) in [7, 11) is 0. The van der Waals surface area contributed by atoms with Crippen LogP contribution in [0.2, 0.25) is 0 Å². The monoisotopic (exact) mass is 272 g/mol. The highest BCUT2D eigenvalue weighted by Crippen LogP contribution is 2.33. The third kappa shape index (κ3) is 2.91. The Balaban J connectivity index is 2.11. The van der Waals surface area contributed by atoms with Gasteiger partial charge in [-0.2, -0.15) is 0 Å². The lowest BCUT2D eigenvalue weighted by molar-refractivity contribution is -0.161. The second-order valence-corrected chi connectivity index (χ2v) is 5.54. The maximum Gasteiger partial charge on any atom is 0.230 e. The van der Waals surface area contributed by atoms with Crippen molar-refractivity contribution in [2.24, 2.45) is 11.1 Å². The van der Waals surface area contributed by atoms with Crippen LogP contribution in [0.1, 0.15) is 19.8 Å². The van der Waals surface area contributed by atoms with Crippen molar-refractivity contribution in [2.75, 3.05) is 39.5 Å². The van der Waals surface area contributed by atoms with Crippen molar-refractivity contribution in [3.63, 3.8) is 0 Å².